The fraction of sp³-hybridized carbons (Fsp3) is 0. The Labute approximate surface area is 118 Å². The van der Waals surface area contributed by atoms with Crippen molar-refractivity contribution in [3.63, 3.8) is 0 Å². The van der Waals surface area contributed by atoms with Crippen LogP contribution in [0.4, 0.5) is 5.69 Å². The molecule has 1 heterocycles. The highest BCUT2D eigenvalue weighted by Crippen LogP contribution is 2.24. The number of hydrogen-bond acceptors (Lipinski definition) is 5. The van der Waals surface area contributed by atoms with Crippen LogP contribution in [0.3, 0.4) is 0 Å². The van der Waals surface area contributed by atoms with Crippen molar-refractivity contribution >= 4 is 46.0 Å². The molecule has 1 N–H and O–H groups in total. The van der Waals surface area contributed by atoms with Crippen molar-refractivity contribution < 1.29 is 9.72 Å². The summed E-state index contributed by atoms with van der Waals surface area (Å²) in [7, 11) is 0. The molecule has 1 saturated heterocycles. The number of benzene rings is 1. The molecule has 1 aromatic rings. The summed E-state index contributed by atoms with van der Waals surface area (Å²) in [5.41, 5.74) is 0.506. The van der Waals surface area contributed by atoms with Gasteiger partial charge in [-0.3, -0.25) is 14.9 Å². The summed E-state index contributed by atoms with van der Waals surface area (Å²) in [5.74, 6) is -0.248. The van der Waals surface area contributed by atoms with Crippen molar-refractivity contribution in [2.75, 3.05) is 0 Å². The summed E-state index contributed by atoms with van der Waals surface area (Å²) in [5, 5.41) is 13.3. The van der Waals surface area contributed by atoms with Crippen LogP contribution in [0.2, 0.25) is 0 Å². The van der Waals surface area contributed by atoms with Gasteiger partial charge in [-0.15, -0.1) is 0 Å². The first-order valence-corrected chi connectivity index (χ1v) is 6.45. The number of allylic oxidation sites excluding steroid dienone is 2. The summed E-state index contributed by atoms with van der Waals surface area (Å²) in [6.07, 6.45) is 4.76. The summed E-state index contributed by atoms with van der Waals surface area (Å²) < 4.78 is 0.412. The smallest absolute Gasteiger partial charge is 0.276 e. The number of thioether (sulfide) groups is 1. The van der Waals surface area contributed by atoms with Crippen LogP contribution in [-0.2, 0) is 4.79 Å². The van der Waals surface area contributed by atoms with Gasteiger partial charge < -0.3 is 5.32 Å². The number of amides is 1. The maximum atomic E-state index is 11.4. The molecule has 1 aromatic carbocycles. The Morgan fingerprint density at radius 3 is 2.74 bits per heavy atom. The van der Waals surface area contributed by atoms with E-state index in [1.54, 1.807) is 36.4 Å². The zero-order valence-corrected chi connectivity index (χ0v) is 11.2. The van der Waals surface area contributed by atoms with Crippen molar-refractivity contribution in [3.8, 4) is 0 Å². The van der Waals surface area contributed by atoms with Crippen molar-refractivity contribution in [2.45, 2.75) is 0 Å². The largest absolute Gasteiger partial charge is 0.307 e. The van der Waals surface area contributed by atoms with Crippen LogP contribution in [0.15, 0.2) is 41.3 Å². The Kier molecular flexibility index (Phi) is 4.08. The van der Waals surface area contributed by atoms with Crippen molar-refractivity contribution in [1.29, 1.82) is 0 Å². The minimum Gasteiger partial charge on any atom is -0.307 e. The van der Waals surface area contributed by atoms with Gasteiger partial charge in [-0.05, 0) is 18.2 Å². The van der Waals surface area contributed by atoms with Gasteiger partial charge in [0.05, 0.1) is 15.4 Å². The predicted molar refractivity (Wildman–Crippen MR) is 78.5 cm³/mol. The zero-order chi connectivity index (χ0) is 13.8. The van der Waals surface area contributed by atoms with Gasteiger partial charge in [-0.25, -0.2) is 0 Å². The van der Waals surface area contributed by atoms with Crippen LogP contribution >= 0.6 is 24.0 Å². The van der Waals surface area contributed by atoms with Crippen LogP contribution < -0.4 is 5.32 Å². The van der Waals surface area contributed by atoms with E-state index in [-0.39, 0.29) is 11.6 Å². The van der Waals surface area contributed by atoms with E-state index < -0.39 is 4.92 Å². The quantitative estimate of drug-likeness (QED) is 0.401. The molecule has 0 aliphatic carbocycles. The van der Waals surface area contributed by atoms with E-state index in [2.05, 4.69) is 5.32 Å². The van der Waals surface area contributed by atoms with E-state index in [9.17, 15) is 14.9 Å². The number of rotatable bonds is 3. The number of carbonyl (C=O) groups excluding carboxylic acids is 1. The Morgan fingerprint density at radius 2 is 2.11 bits per heavy atom. The SMILES string of the molecule is O=C1NC(=S)S/C1=C/C=C\c1ccccc1[N+](=O)[O-]. The fourth-order valence-corrected chi connectivity index (χ4v) is 2.47. The molecule has 19 heavy (non-hydrogen) atoms. The minimum absolute atomic E-state index is 0.0243. The third kappa shape index (κ3) is 3.27. The normalized spacial score (nSPS) is 17.2. The molecule has 0 atom stereocenters. The van der Waals surface area contributed by atoms with E-state index >= 15 is 0 Å². The molecule has 0 aromatic heterocycles. The first-order chi connectivity index (χ1) is 9.08. The average molecular weight is 292 g/mol. The maximum Gasteiger partial charge on any atom is 0.276 e. The number of nitrogens with zero attached hydrogens (tertiary/aromatic N) is 1. The monoisotopic (exact) mass is 292 g/mol. The minimum atomic E-state index is -0.445. The first kappa shape index (κ1) is 13.4. The van der Waals surface area contributed by atoms with Gasteiger partial charge in [-0.1, -0.05) is 42.2 Å². The van der Waals surface area contributed by atoms with Crippen molar-refractivity contribution in [1.82, 2.24) is 5.32 Å². The Balaban J connectivity index is 2.20. The molecule has 1 aliphatic heterocycles. The number of hydrogen-bond donors (Lipinski definition) is 1. The third-order valence-electron chi connectivity index (χ3n) is 2.30. The van der Waals surface area contributed by atoms with Gasteiger partial charge in [0.2, 0.25) is 0 Å². The first-order valence-electron chi connectivity index (χ1n) is 5.23. The summed E-state index contributed by atoms with van der Waals surface area (Å²) in [6.45, 7) is 0. The molecular formula is C12H8N2O3S2. The molecule has 2 rings (SSSR count). The second-order valence-corrected chi connectivity index (χ2v) is 5.27. The van der Waals surface area contributed by atoms with Crippen LogP contribution in [0, 0.1) is 10.1 Å². The van der Waals surface area contributed by atoms with Gasteiger partial charge in [0.15, 0.2) is 0 Å². The van der Waals surface area contributed by atoms with Gasteiger partial charge >= 0.3 is 0 Å². The molecule has 0 saturated carbocycles. The highest BCUT2D eigenvalue weighted by Gasteiger charge is 2.21. The third-order valence-corrected chi connectivity index (χ3v) is 3.48. The van der Waals surface area contributed by atoms with Gasteiger partial charge in [-0.2, -0.15) is 0 Å². The number of para-hydroxylation sites is 1. The highest BCUT2D eigenvalue weighted by atomic mass is 32.2. The summed E-state index contributed by atoms with van der Waals surface area (Å²) in [6, 6.07) is 6.39. The summed E-state index contributed by atoms with van der Waals surface area (Å²) in [4.78, 5) is 22.2. The topological polar surface area (TPSA) is 72.2 Å². The molecule has 96 valence electrons. The lowest BCUT2D eigenvalue weighted by molar-refractivity contribution is -0.385. The lowest BCUT2D eigenvalue weighted by Crippen LogP contribution is -2.17. The molecule has 0 unspecified atom stereocenters. The molecule has 1 fully saturated rings. The van der Waals surface area contributed by atoms with E-state index in [0.29, 0.717) is 14.8 Å². The summed E-state index contributed by atoms with van der Waals surface area (Å²) >= 11 is 6.01. The number of nitrogens with one attached hydrogen (secondary N) is 1. The zero-order valence-electron chi connectivity index (χ0n) is 9.53. The molecule has 5 nitrogen and oxygen atoms in total. The Hall–Kier alpha value is -1.99. The molecular weight excluding hydrogens is 284 g/mol. The molecule has 0 bridgehead atoms. The second-order valence-electron chi connectivity index (χ2n) is 3.55. The van der Waals surface area contributed by atoms with Crippen LogP contribution in [-0.4, -0.2) is 15.2 Å². The number of thiocarbonyl (C=S) groups is 1. The highest BCUT2D eigenvalue weighted by molar-refractivity contribution is 8.26. The standard InChI is InChI=1S/C12H8N2O3S2/c15-11-10(19-12(18)13-11)7-3-5-8-4-1-2-6-9(8)14(16)17/h1-7H,(H,13,15,18)/b5-3-,10-7+. The lowest BCUT2D eigenvalue weighted by Gasteiger charge is -1.95. The molecule has 0 radical (unpaired) electrons. The van der Waals surface area contributed by atoms with E-state index in [4.69, 9.17) is 12.2 Å². The maximum absolute atomic E-state index is 11.4. The second kappa shape index (κ2) is 5.77. The fourth-order valence-electron chi connectivity index (χ4n) is 1.47. The number of carbonyl (C=O) groups is 1. The molecule has 1 aliphatic rings. The van der Waals surface area contributed by atoms with Crippen molar-refractivity contribution in [2.24, 2.45) is 0 Å². The van der Waals surface area contributed by atoms with Gasteiger partial charge in [0, 0.05) is 6.07 Å². The Bertz CT molecular complexity index is 623. The van der Waals surface area contributed by atoms with E-state index in [1.807, 2.05) is 0 Å². The Morgan fingerprint density at radius 1 is 1.37 bits per heavy atom. The van der Waals surface area contributed by atoms with E-state index in [0.717, 1.165) is 0 Å². The lowest BCUT2D eigenvalue weighted by atomic mass is 10.1. The van der Waals surface area contributed by atoms with Crippen LogP contribution in [0.25, 0.3) is 6.08 Å². The van der Waals surface area contributed by atoms with Gasteiger partial charge in [0.1, 0.15) is 4.32 Å². The molecule has 0 spiro atoms. The van der Waals surface area contributed by atoms with Crippen molar-refractivity contribution in [3.05, 3.63) is 57.0 Å². The number of nitro benzene ring substituents is 1. The number of nitro groups is 1. The average Bonchev–Trinajstić information content (AvgIpc) is 2.68. The molecule has 1 amide bonds. The van der Waals surface area contributed by atoms with E-state index in [1.165, 1.54) is 17.8 Å². The van der Waals surface area contributed by atoms with Gasteiger partial charge in [0.25, 0.3) is 11.6 Å². The van der Waals surface area contributed by atoms with Crippen LogP contribution in [0.5, 0.6) is 0 Å². The van der Waals surface area contributed by atoms with Crippen LogP contribution in [0.1, 0.15) is 5.56 Å². The predicted octanol–water partition coefficient (Wildman–Crippen LogP) is 2.64. The molecule has 7 heteroatoms.